The molecule has 0 aliphatic heterocycles. The molecule has 0 saturated heterocycles. The average molecular weight is 258 g/mol. The van der Waals surface area contributed by atoms with Crippen molar-refractivity contribution >= 4 is 22.4 Å². The van der Waals surface area contributed by atoms with Crippen molar-refractivity contribution in [1.82, 2.24) is 4.98 Å². The van der Waals surface area contributed by atoms with Gasteiger partial charge < -0.3 is 5.32 Å². The van der Waals surface area contributed by atoms with Gasteiger partial charge in [0.25, 0.3) is 0 Å². The van der Waals surface area contributed by atoms with Gasteiger partial charge in [-0.05, 0) is 18.4 Å². The summed E-state index contributed by atoms with van der Waals surface area (Å²) in [5, 5.41) is 3.60. The molecule has 0 spiro atoms. The van der Waals surface area contributed by atoms with E-state index in [1.165, 1.54) is 17.8 Å². The van der Waals surface area contributed by atoms with Crippen molar-refractivity contribution in [2.24, 2.45) is 5.92 Å². The molecule has 1 saturated carbocycles. The van der Waals surface area contributed by atoms with Gasteiger partial charge in [0.15, 0.2) is 5.13 Å². The molecule has 1 N–H and O–H groups in total. The number of amides is 1. The Morgan fingerprint density at radius 1 is 1.28 bits per heavy atom. The summed E-state index contributed by atoms with van der Waals surface area (Å²) in [5.41, 5.74) is 1.14. The largest absolute Gasteiger partial charge is 0.302 e. The third-order valence-electron chi connectivity index (χ3n) is 3.27. The Kier molecular flexibility index (Phi) is 3.11. The molecule has 1 aliphatic carbocycles. The zero-order valence-electron chi connectivity index (χ0n) is 9.93. The predicted molar refractivity (Wildman–Crippen MR) is 73.5 cm³/mol. The fourth-order valence-corrected chi connectivity index (χ4v) is 2.77. The smallest absolute Gasteiger partial charge is 0.229 e. The molecule has 0 radical (unpaired) electrons. The number of carbonyl (C=O) groups excluding carboxylic acids is 1. The number of carbonyl (C=O) groups is 1. The molecule has 2 aromatic rings. The van der Waals surface area contributed by atoms with Gasteiger partial charge in [0.1, 0.15) is 0 Å². The van der Waals surface area contributed by atoms with E-state index >= 15 is 0 Å². The summed E-state index contributed by atoms with van der Waals surface area (Å²) < 4.78 is 0. The van der Waals surface area contributed by atoms with Crippen LogP contribution in [0, 0.1) is 5.92 Å². The Morgan fingerprint density at radius 3 is 2.72 bits per heavy atom. The first-order valence-corrected chi connectivity index (χ1v) is 6.97. The molecule has 1 aromatic carbocycles. The van der Waals surface area contributed by atoms with Crippen molar-refractivity contribution in [1.29, 1.82) is 0 Å². The molecule has 1 aromatic heterocycles. The summed E-state index contributed by atoms with van der Waals surface area (Å²) in [6, 6.07) is 10.1. The monoisotopic (exact) mass is 258 g/mol. The van der Waals surface area contributed by atoms with E-state index in [1.54, 1.807) is 0 Å². The Hall–Kier alpha value is -1.68. The number of nitrogens with one attached hydrogen (secondary N) is 1. The maximum Gasteiger partial charge on any atom is 0.229 e. The van der Waals surface area contributed by atoms with Crippen LogP contribution in [0.4, 0.5) is 5.13 Å². The molecule has 0 atom stereocenters. The Bertz CT molecular complexity index is 546. The van der Waals surface area contributed by atoms with Crippen LogP contribution in [0.5, 0.6) is 0 Å². The van der Waals surface area contributed by atoms with Gasteiger partial charge in [0.05, 0.1) is 4.88 Å². The Morgan fingerprint density at radius 2 is 2.06 bits per heavy atom. The molecular formula is C14H14N2OS. The molecule has 0 bridgehead atoms. The Labute approximate surface area is 110 Å². The first-order valence-electron chi connectivity index (χ1n) is 6.15. The number of benzene rings is 1. The van der Waals surface area contributed by atoms with Gasteiger partial charge in [0, 0.05) is 12.1 Å². The van der Waals surface area contributed by atoms with Gasteiger partial charge in [-0.3, -0.25) is 4.79 Å². The number of hydrogen-bond donors (Lipinski definition) is 1. The van der Waals surface area contributed by atoms with Crippen molar-refractivity contribution in [2.45, 2.75) is 19.3 Å². The second-order valence-electron chi connectivity index (χ2n) is 4.51. The molecule has 1 amide bonds. The first-order chi connectivity index (χ1) is 8.83. The van der Waals surface area contributed by atoms with E-state index in [2.05, 4.69) is 10.3 Å². The van der Waals surface area contributed by atoms with Crippen molar-refractivity contribution in [3.8, 4) is 10.4 Å². The third-order valence-corrected chi connectivity index (χ3v) is 4.23. The predicted octanol–water partition coefficient (Wildman–Crippen LogP) is 3.55. The standard InChI is InChI=1S/C14H14N2OS/c17-13(11-7-4-8-11)16-14-15-9-12(18-14)10-5-2-1-3-6-10/h1-3,5-6,9,11H,4,7-8H2,(H,15,16,17). The van der Waals surface area contributed by atoms with Crippen molar-refractivity contribution in [2.75, 3.05) is 5.32 Å². The fraction of sp³-hybridized carbons (Fsp3) is 0.286. The maximum atomic E-state index is 11.8. The van der Waals surface area contributed by atoms with Gasteiger partial charge in [0.2, 0.25) is 5.91 Å². The van der Waals surface area contributed by atoms with E-state index in [9.17, 15) is 4.79 Å². The summed E-state index contributed by atoms with van der Waals surface area (Å²) in [6.07, 6.45) is 5.02. The Balaban J connectivity index is 1.71. The normalized spacial score (nSPS) is 15.1. The fourth-order valence-electron chi connectivity index (χ4n) is 1.95. The van der Waals surface area contributed by atoms with Gasteiger partial charge in [-0.15, -0.1) is 0 Å². The van der Waals surface area contributed by atoms with Crippen LogP contribution in [-0.4, -0.2) is 10.9 Å². The van der Waals surface area contributed by atoms with Crippen LogP contribution in [0.2, 0.25) is 0 Å². The lowest BCUT2D eigenvalue weighted by Crippen LogP contribution is -2.27. The van der Waals surface area contributed by atoms with E-state index in [1.807, 2.05) is 36.5 Å². The highest BCUT2D eigenvalue weighted by Gasteiger charge is 2.25. The number of nitrogens with zero attached hydrogens (tertiary/aromatic N) is 1. The van der Waals surface area contributed by atoms with Gasteiger partial charge >= 0.3 is 0 Å². The topological polar surface area (TPSA) is 42.0 Å². The lowest BCUT2D eigenvalue weighted by atomic mass is 9.85. The molecule has 1 aliphatic rings. The quantitative estimate of drug-likeness (QED) is 0.914. The minimum atomic E-state index is 0.121. The highest BCUT2D eigenvalue weighted by molar-refractivity contribution is 7.19. The summed E-state index contributed by atoms with van der Waals surface area (Å²) in [4.78, 5) is 17.1. The van der Waals surface area contributed by atoms with Crippen molar-refractivity contribution in [3.05, 3.63) is 36.5 Å². The number of thiazole rings is 1. The molecule has 3 nitrogen and oxygen atoms in total. The second kappa shape index (κ2) is 4.90. The molecule has 3 rings (SSSR count). The van der Waals surface area contributed by atoms with E-state index in [0.29, 0.717) is 5.13 Å². The number of hydrogen-bond acceptors (Lipinski definition) is 3. The molecule has 1 heterocycles. The van der Waals surface area contributed by atoms with Crippen LogP contribution in [-0.2, 0) is 4.79 Å². The van der Waals surface area contributed by atoms with E-state index in [4.69, 9.17) is 0 Å². The lowest BCUT2D eigenvalue weighted by Gasteiger charge is -2.23. The summed E-state index contributed by atoms with van der Waals surface area (Å²) in [6.45, 7) is 0. The van der Waals surface area contributed by atoms with E-state index in [-0.39, 0.29) is 11.8 Å². The number of anilines is 1. The van der Waals surface area contributed by atoms with Crippen molar-refractivity contribution in [3.63, 3.8) is 0 Å². The molecule has 92 valence electrons. The molecule has 1 fully saturated rings. The molecule has 0 unspecified atom stereocenters. The van der Waals surface area contributed by atoms with Gasteiger partial charge in [-0.1, -0.05) is 48.1 Å². The van der Waals surface area contributed by atoms with Crippen LogP contribution in [0.25, 0.3) is 10.4 Å². The van der Waals surface area contributed by atoms with Crippen LogP contribution in [0.15, 0.2) is 36.5 Å². The van der Waals surface area contributed by atoms with E-state index in [0.717, 1.165) is 23.3 Å². The minimum absolute atomic E-state index is 0.121. The van der Waals surface area contributed by atoms with Gasteiger partial charge in [-0.2, -0.15) is 0 Å². The summed E-state index contributed by atoms with van der Waals surface area (Å²) >= 11 is 1.52. The van der Waals surface area contributed by atoms with Crippen LogP contribution in [0.1, 0.15) is 19.3 Å². The first kappa shape index (κ1) is 11.4. The van der Waals surface area contributed by atoms with Crippen LogP contribution < -0.4 is 5.32 Å². The lowest BCUT2D eigenvalue weighted by molar-refractivity contribution is -0.122. The zero-order chi connectivity index (χ0) is 12.4. The minimum Gasteiger partial charge on any atom is -0.302 e. The average Bonchev–Trinajstić information content (AvgIpc) is 2.76. The highest BCUT2D eigenvalue weighted by atomic mass is 32.1. The number of rotatable bonds is 3. The summed E-state index contributed by atoms with van der Waals surface area (Å²) in [7, 11) is 0. The van der Waals surface area contributed by atoms with Crippen LogP contribution >= 0.6 is 11.3 Å². The second-order valence-corrected chi connectivity index (χ2v) is 5.54. The highest BCUT2D eigenvalue weighted by Crippen LogP contribution is 2.31. The molecule has 18 heavy (non-hydrogen) atoms. The zero-order valence-corrected chi connectivity index (χ0v) is 10.7. The van der Waals surface area contributed by atoms with Gasteiger partial charge in [-0.25, -0.2) is 4.98 Å². The molecular weight excluding hydrogens is 244 g/mol. The summed E-state index contributed by atoms with van der Waals surface area (Å²) in [5.74, 6) is 0.323. The van der Waals surface area contributed by atoms with Crippen molar-refractivity contribution < 1.29 is 4.79 Å². The molecule has 4 heteroatoms. The van der Waals surface area contributed by atoms with Crippen LogP contribution in [0.3, 0.4) is 0 Å². The SMILES string of the molecule is O=C(Nc1ncc(-c2ccccc2)s1)C1CCC1. The third kappa shape index (κ3) is 2.29. The van der Waals surface area contributed by atoms with E-state index < -0.39 is 0 Å². The maximum absolute atomic E-state index is 11.8. The number of aromatic nitrogens is 1.